The Morgan fingerprint density at radius 2 is 2.30 bits per heavy atom. The summed E-state index contributed by atoms with van der Waals surface area (Å²) >= 11 is 0. The van der Waals surface area contributed by atoms with Crippen molar-refractivity contribution < 1.29 is 19.1 Å². The number of aryl methyl sites for hydroxylation is 1. The number of amides is 2. The topological polar surface area (TPSA) is 102 Å². The Hall–Kier alpha value is -2.38. The summed E-state index contributed by atoms with van der Waals surface area (Å²) < 4.78 is 5.93. The molecule has 8 nitrogen and oxygen atoms in total. The van der Waals surface area contributed by atoms with E-state index in [0.29, 0.717) is 13.0 Å². The van der Waals surface area contributed by atoms with Gasteiger partial charge >= 0.3 is 5.97 Å². The molecule has 1 unspecified atom stereocenters. The summed E-state index contributed by atoms with van der Waals surface area (Å²) in [4.78, 5) is 34.7. The Kier molecular flexibility index (Phi) is 4.02. The number of nitrogens with zero attached hydrogens (tertiary/aromatic N) is 2. The van der Waals surface area contributed by atoms with E-state index in [1.807, 2.05) is 0 Å². The van der Waals surface area contributed by atoms with Crippen LogP contribution in [-0.2, 0) is 21.4 Å². The standard InChI is InChI=1S/C12H16N4O4/c1-16-8(12(19)20-2)6-9(15-16)14-11(18)7-3-4-13-10(17)5-7/h6-7H,3-5H2,1-2H3,(H,13,17)(H,14,15,18). The van der Waals surface area contributed by atoms with E-state index in [1.54, 1.807) is 7.05 Å². The number of rotatable bonds is 3. The molecule has 0 aromatic carbocycles. The third-order valence-corrected chi connectivity index (χ3v) is 3.14. The first-order valence-electron chi connectivity index (χ1n) is 6.21. The van der Waals surface area contributed by atoms with Gasteiger partial charge in [-0.25, -0.2) is 4.79 Å². The number of carbonyl (C=O) groups is 3. The van der Waals surface area contributed by atoms with Crippen LogP contribution in [0.2, 0.25) is 0 Å². The molecule has 0 bridgehead atoms. The Bertz CT molecular complexity index is 552. The second kappa shape index (κ2) is 5.72. The largest absolute Gasteiger partial charge is 0.464 e. The predicted molar refractivity (Wildman–Crippen MR) is 68.9 cm³/mol. The molecule has 0 aliphatic carbocycles. The molecule has 20 heavy (non-hydrogen) atoms. The van der Waals surface area contributed by atoms with Crippen molar-refractivity contribution in [2.24, 2.45) is 13.0 Å². The fraction of sp³-hybridized carbons (Fsp3) is 0.500. The first-order chi connectivity index (χ1) is 9.51. The van der Waals surface area contributed by atoms with Gasteiger partial charge in [-0.2, -0.15) is 5.10 Å². The van der Waals surface area contributed by atoms with Crippen LogP contribution in [0.4, 0.5) is 5.82 Å². The molecule has 0 spiro atoms. The number of hydrogen-bond acceptors (Lipinski definition) is 5. The van der Waals surface area contributed by atoms with Gasteiger partial charge < -0.3 is 15.4 Å². The number of nitrogens with one attached hydrogen (secondary N) is 2. The fourth-order valence-electron chi connectivity index (χ4n) is 2.06. The first-order valence-corrected chi connectivity index (χ1v) is 6.21. The van der Waals surface area contributed by atoms with Crippen molar-refractivity contribution in [2.45, 2.75) is 12.8 Å². The second-order valence-corrected chi connectivity index (χ2v) is 4.56. The van der Waals surface area contributed by atoms with Crippen LogP contribution in [0.15, 0.2) is 6.07 Å². The summed E-state index contributed by atoms with van der Waals surface area (Å²) in [5.41, 5.74) is 0.240. The highest BCUT2D eigenvalue weighted by Gasteiger charge is 2.26. The molecule has 1 aliphatic heterocycles. The van der Waals surface area contributed by atoms with E-state index < -0.39 is 5.97 Å². The number of aromatic nitrogens is 2. The van der Waals surface area contributed by atoms with Crippen molar-refractivity contribution >= 4 is 23.6 Å². The molecular formula is C12H16N4O4. The van der Waals surface area contributed by atoms with Gasteiger partial charge in [-0.05, 0) is 6.42 Å². The predicted octanol–water partition coefficient (Wildman–Crippen LogP) is -0.329. The number of hydrogen-bond donors (Lipinski definition) is 2. The van der Waals surface area contributed by atoms with Crippen molar-refractivity contribution in [3.05, 3.63) is 11.8 Å². The fourth-order valence-corrected chi connectivity index (χ4v) is 2.06. The van der Waals surface area contributed by atoms with Crippen LogP contribution in [0, 0.1) is 5.92 Å². The van der Waals surface area contributed by atoms with Crippen LogP contribution in [0.5, 0.6) is 0 Å². The monoisotopic (exact) mass is 280 g/mol. The minimum atomic E-state index is -0.530. The van der Waals surface area contributed by atoms with Gasteiger partial charge in [0.1, 0.15) is 5.69 Å². The highest BCUT2D eigenvalue weighted by Crippen LogP contribution is 2.16. The van der Waals surface area contributed by atoms with Crippen LogP contribution in [0.25, 0.3) is 0 Å². The number of piperidine rings is 1. The zero-order valence-electron chi connectivity index (χ0n) is 11.3. The van der Waals surface area contributed by atoms with Gasteiger partial charge in [0.2, 0.25) is 11.8 Å². The molecule has 2 heterocycles. The van der Waals surface area contributed by atoms with Gasteiger partial charge in [-0.3, -0.25) is 14.3 Å². The zero-order valence-corrected chi connectivity index (χ0v) is 11.3. The summed E-state index contributed by atoms with van der Waals surface area (Å²) in [5, 5.41) is 9.30. The number of carbonyl (C=O) groups excluding carboxylic acids is 3. The number of esters is 1. The Balaban J connectivity index is 2.04. The number of ether oxygens (including phenoxy) is 1. The third kappa shape index (κ3) is 2.95. The average molecular weight is 280 g/mol. The molecule has 2 amide bonds. The van der Waals surface area contributed by atoms with Crippen molar-refractivity contribution in [1.29, 1.82) is 0 Å². The SMILES string of the molecule is COC(=O)c1cc(NC(=O)C2CCNC(=O)C2)nn1C. The molecular weight excluding hydrogens is 264 g/mol. The van der Waals surface area contributed by atoms with Crippen molar-refractivity contribution in [3.8, 4) is 0 Å². The molecule has 0 saturated carbocycles. The van der Waals surface area contributed by atoms with Crippen LogP contribution in [0.1, 0.15) is 23.3 Å². The normalized spacial score (nSPS) is 18.3. The molecule has 108 valence electrons. The van der Waals surface area contributed by atoms with E-state index in [-0.39, 0.29) is 35.7 Å². The lowest BCUT2D eigenvalue weighted by Gasteiger charge is -2.20. The summed E-state index contributed by atoms with van der Waals surface area (Å²) in [6, 6.07) is 1.44. The Labute approximate surface area is 115 Å². The van der Waals surface area contributed by atoms with Gasteiger partial charge in [0.15, 0.2) is 5.82 Å². The second-order valence-electron chi connectivity index (χ2n) is 4.56. The first kappa shape index (κ1) is 14.0. The van der Waals surface area contributed by atoms with Gasteiger partial charge in [0, 0.05) is 32.0 Å². The molecule has 2 N–H and O–H groups in total. The highest BCUT2D eigenvalue weighted by molar-refractivity contribution is 5.96. The smallest absolute Gasteiger partial charge is 0.356 e. The quantitative estimate of drug-likeness (QED) is 0.738. The van der Waals surface area contributed by atoms with Crippen LogP contribution in [0.3, 0.4) is 0 Å². The van der Waals surface area contributed by atoms with E-state index in [2.05, 4.69) is 20.5 Å². The molecule has 1 fully saturated rings. The maximum absolute atomic E-state index is 12.0. The highest BCUT2D eigenvalue weighted by atomic mass is 16.5. The van der Waals surface area contributed by atoms with Crippen LogP contribution < -0.4 is 10.6 Å². The lowest BCUT2D eigenvalue weighted by atomic mass is 9.97. The number of anilines is 1. The van der Waals surface area contributed by atoms with Gasteiger partial charge in [-0.15, -0.1) is 0 Å². The van der Waals surface area contributed by atoms with E-state index in [9.17, 15) is 14.4 Å². The summed E-state index contributed by atoms with van der Waals surface area (Å²) in [6.07, 6.45) is 0.761. The van der Waals surface area contributed by atoms with E-state index in [4.69, 9.17) is 0 Å². The molecule has 0 radical (unpaired) electrons. The van der Waals surface area contributed by atoms with E-state index in [1.165, 1.54) is 17.9 Å². The zero-order chi connectivity index (χ0) is 14.7. The molecule has 1 aromatic heterocycles. The summed E-state index contributed by atoms with van der Waals surface area (Å²) in [7, 11) is 2.85. The van der Waals surface area contributed by atoms with Crippen molar-refractivity contribution in [1.82, 2.24) is 15.1 Å². The Morgan fingerprint density at radius 1 is 1.55 bits per heavy atom. The number of methoxy groups -OCH3 is 1. The van der Waals surface area contributed by atoms with Crippen molar-refractivity contribution in [3.63, 3.8) is 0 Å². The minimum Gasteiger partial charge on any atom is -0.464 e. The van der Waals surface area contributed by atoms with E-state index in [0.717, 1.165) is 0 Å². The molecule has 8 heteroatoms. The van der Waals surface area contributed by atoms with Gasteiger partial charge in [0.25, 0.3) is 0 Å². The maximum Gasteiger partial charge on any atom is 0.356 e. The summed E-state index contributed by atoms with van der Waals surface area (Å²) in [5.74, 6) is -1.03. The third-order valence-electron chi connectivity index (χ3n) is 3.14. The van der Waals surface area contributed by atoms with Crippen LogP contribution in [-0.4, -0.2) is 41.2 Å². The molecule has 1 aromatic rings. The maximum atomic E-state index is 12.0. The lowest BCUT2D eigenvalue weighted by Crippen LogP contribution is -2.38. The Morgan fingerprint density at radius 3 is 2.95 bits per heavy atom. The van der Waals surface area contributed by atoms with Crippen molar-refractivity contribution in [2.75, 3.05) is 19.0 Å². The average Bonchev–Trinajstić information content (AvgIpc) is 2.78. The van der Waals surface area contributed by atoms with Gasteiger partial charge in [0.05, 0.1) is 7.11 Å². The summed E-state index contributed by atoms with van der Waals surface area (Å²) in [6.45, 7) is 0.493. The minimum absolute atomic E-state index is 0.132. The van der Waals surface area contributed by atoms with E-state index >= 15 is 0 Å². The molecule has 1 aliphatic rings. The lowest BCUT2D eigenvalue weighted by molar-refractivity contribution is -0.129. The molecule has 1 atom stereocenters. The molecule has 2 rings (SSSR count). The van der Waals surface area contributed by atoms with Gasteiger partial charge in [-0.1, -0.05) is 0 Å². The van der Waals surface area contributed by atoms with Crippen LogP contribution >= 0.6 is 0 Å². The molecule has 1 saturated heterocycles.